The van der Waals surface area contributed by atoms with Gasteiger partial charge in [-0.2, -0.15) is 13.8 Å². The summed E-state index contributed by atoms with van der Waals surface area (Å²) in [5.74, 6) is 1.80. The van der Waals surface area contributed by atoms with Crippen LogP contribution in [0.4, 0.5) is 20.5 Å². The first-order valence-corrected chi connectivity index (χ1v) is 9.95. The quantitative estimate of drug-likeness (QED) is 0.693. The number of hydrogen-bond donors (Lipinski definition) is 2. The van der Waals surface area contributed by atoms with Crippen molar-refractivity contribution in [2.24, 2.45) is 0 Å². The molecule has 1 aromatic carbocycles. The zero-order valence-corrected chi connectivity index (χ0v) is 17.2. The molecule has 8 heteroatoms. The topological polar surface area (TPSA) is 62.3 Å². The van der Waals surface area contributed by atoms with Crippen molar-refractivity contribution in [2.75, 3.05) is 24.3 Å². The molecule has 0 atom stereocenters. The first-order valence-electron chi connectivity index (χ1n) is 9.95. The van der Waals surface area contributed by atoms with E-state index in [9.17, 15) is 8.78 Å². The number of anilines is 2. The van der Waals surface area contributed by atoms with Crippen LogP contribution < -0.4 is 20.3 Å². The van der Waals surface area contributed by atoms with Gasteiger partial charge in [-0.15, -0.1) is 0 Å². The van der Waals surface area contributed by atoms with Crippen molar-refractivity contribution in [3.8, 4) is 5.75 Å². The Morgan fingerprint density at radius 1 is 1.10 bits per heavy atom. The summed E-state index contributed by atoms with van der Waals surface area (Å²) in [5, 5.41) is 7.03. The van der Waals surface area contributed by atoms with E-state index in [-0.39, 0.29) is 5.75 Å². The van der Waals surface area contributed by atoms with E-state index in [1.54, 1.807) is 12.1 Å². The molecule has 1 aliphatic carbocycles. The average Bonchev–Trinajstić information content (AvgIpc) is 2.69. The summed E-state index contributed by atoms with van der Waals surface area (Å²) >= 11 is 0. The van der Waals surface area contributed by atoms with Gasteiger partial charge in [-0.1, -0.05) is 12.1 Å². The van der Waals surface area contributed by atoms with Crippen LogP contribution >= 0.6 is 0 Å². The molecular weight excluding hydrogens is 376 g/mol. The molecule has 1 aromatic heterocycles. The molecule has 6 nitrogen and oxygen atoms in total. The normalized spacial score (nSPS) is 19.2. The lowest BCUT2D eigenvalue weighted by atomic mass is 9.91. The summed E-state index contributed by atoms with van der Waals surface area (Å²) in [5.41, 5.74) is 2.11. The van der Waals surface area contributed by atoms with Gasteiger partial charge in [0.05, 0.1) is 0 Å². The number of ether oxygens (including phenoxy) is 1. The fourth-order valence-electron chi connectivity index (χ4n) is 3.63. The van der Waals surface area contributed by atoms with E-state index in [4.69, 9.17) is 0 Å². The number of alkyl halides is 2. The monoisotopic (exact) mass is 405 g/mol. The maximum absolute atomic E-state index is 12.2. The molecule has 158 valence electrons. The molecule has 2 N–H and O–H groups in total. The van der Waals surface area contributed by atoms with E-state index >= 15 is 0 Å². The third kappa shape index (κ3) is 6.25. The van der Waals surface area contributed by atoms with Crippen LogP contribution in [0.1, 0.15) is 36.8 Å². The van der Waals surface area contributed by atoms with Gasteiger partial charge in [0, 0.05) is 44.5 Å². The van der Waals surface area contributed by atoms with Crippen molar-refractivity contribution in [3.63, 3.8) is 0 Å². The van der Waals surface area contributed by atoms with E-state index < -0.39 is 6.61 Å². The van der Waals surface area contributed by atoms with Crippen LogP contribution in [0.2, 0.25) is 0 Å². The summed E-state index contributed by atoms with van der Waals surface area (Å²) in [6, 6.07) is 7.60. The van der Waals surface area contributed by atoms with Crippen molar-refractivity contribution >= 4 is 11.8 Å². The van der Waals surface area contributed by atoms with Crippen molar-refractivity contribution in [2.45, 2.75) is 57.8 Å². The highest BCUT2D eigenvalue weighted by molar-refractivity contribution is 5.47. The average molecular weight is 405 g/mol. The van der Waals surface area contributed by atoms with Crippen LogP contribution in [0.15, 0.2) is 30.5 Å². The maximum Gasteiger partial charge on any atom is 0.387 e. The third-order valence-corrected chi connectivity index (χ3v) is 5.17. The second-order valence-corrected chi connectivity index (χ2v) is 7.69. The minimum absolute atomic E-state index is 0.186. The van der Waals surface area contributed by atoms with Crippen molar-refractivity contribution in [1.29, 1.82) is 0 Å². The molecule has 29 heavy (non-hydrogen) atoms. The molecule has 0 spiro atoms. The zero-order chi connectivity index (χ0) is 20.8. The standard InChI is InChI=1S/C21H29F2N5O/c1-14-12-25-21(27-19(14)28(2)3)26-17-8-6-16(7-9-17)24-13-15-4-10-18(11-5-15)29-20(22)23/h4-5,10-12,16-17,20,24H,6-9,13H2,1-3H3,(H,25,26,27). The Morgan fingerprint density at radius 2 is 1.76 bits per heavy atom. The molecule has 2 aromatic rings. The second-order valence-electron chi connectivity index (χ2n) is 7.69. The summed E-state index contributed by atoms with van der Waals surface area (Å²) in [4.78, 5) is 11.0. The molecule has 0 unspecified atom stereocenters. The van der Waals surface area contributed by atoms with Crippen LogP contribution in [0.3, 0.4) is 0 Å². The largest absolute Gasteiger partial charge is 0.435 e. The summed E-state index contributed by atoms with van der Waals surface area (Å²) in [7, 11) is 3.96. The van der Waals surface area contributed by atoms with Crippen molar-refractivity contribution in [3.05, 3.63) is 41.6 Å². The first-order chi connectivity index (χ1) is 13.9. The Hall–Kier alpha value is -2.48. The fourth-order valence-corrected chi connectivity index (χ4v) is 3.63. The molecule has 1 saturated carbocycles. The Balaban J connectivity index is 1.43. The number of nitrogens with zero attached hydrogens (tertiary/aromatic N) is 3. The van der Waals surface area contributed by atoms with Gasteiger partial charge in [-0.3, -0.25) is 0 Å². The molecule has 0 aliphatic heterocycles. The van der Waals surface area contributed by atoms with E-state index in [0.717, 1.165) is 42.6 Å². The Morgan fingerprint density at radius 3 is 2.38 bits per heavy atom. The summed E-state index contributed by atoms with van der Waals surface area (Å²) in [6.07, 6.45) is 6.09. The SMILES string of the molecule is Cc1cnc(NC2CCC(NCc3ccc(OC(F)F)cc3)CC2)nc1N(C)C. The van der Waals surface area contributed by atoms with Gasteiger partial charge in [0.1, 0.15) is 11.6 Å². The van der Waals surface area contributed by atoms with Gasteiger partial charge >= 0.3 is 6.61 Å². The molecule has 3 rings (SSSR count). The summed E-state index contributed by atoms with van der Waals surface area (Å²) in [6.45, 7) is -0.0667. The molecule has 0 bridgehead atoms. The number of halogens is 2. The van der Waals surface area contributed by atoms with Crippen LogP contribution in [-0.4, -0.2) is 42.8 Å². The summed E-state index contributed by atoms with van der Waals surface area (Å²) < 4.78 is 28.8. The number of nitrogens with one attached hydrogen (secondary N) is 2. The van der Waals surface area contributed by atoms with Gasteiger partial charge in [-0.25, -0.2) is 4.98 Å². The number of aromatic nitrogens is 2. The highest BCUT2D eigenvalue weighted by atomic mass is 19.3. The number of benzene rings is 1. The highest BCUT2D eigenvalue weighted by Gasteiger charge is 2.21. The van der Waals surface area contributed by atoms with E-state index in [1.165, 1.54) is 0 Å². The molecule has 1 fully saturated rings. The number of aryl methyl sites for hydroxylation is 1. The minimum Gasteiger partial charge on any atom is -0.435 e. The molecular formula is C21H29F2N5O. The van der Waals surface area contributed by atoms with E-state index in [2.05, 4.69) is 25.3 Å². The van der Waals surface area contributed by atoms with Gasteiger partial charge in [0.15, 0.2) is 0 Å². The lowest BCUT2D eigenvalue weighted by Gasteiger charge is -2.30. The van der Waals surface area contributed by atoms with Gasteiger partial charge in [0.2, 0.25) is 5.95 Å². The Bertz CT molecular complexity index is 777. The van der Waals surface area contributed by atoms with E-state index in [1.807, 2.05) is 44.2 Å². The zero-order valence-electron chi connectivity index (χ0n) is 17.2. The molecule has 0 saturated heterocycles. The van der Waals surface area contributed by atoms with Crippen LogP contribution in [0.5, 0.6) is 5.75 Å². The van der Waals surface area contributed by atoms with Gasteiger partial charge in [0.25, 0.3) is 0 Å². The highest BCUT2D eigenvalue weighted by Crippen LogP contribution is 2.23. The molecule has 0 amide bonds. The van der Waals surface area contributed by atoms with Crippen molar-refractivity contribution in [1.82, 2.24) is 15.3 Å². The molecule has 1 heterocycles. The predicted octanol–water partition coefficient (Wildman–Crippen LogP) is 3.97. The predicted molar refractivity (Wildman–Crippen MR) is 111 cm³/mol. The smallest absolute Gasteiger partial charge is 0.387 e. The second kappa shape index (κ2) is 9.82. The van der Waals surface area contributed by atoms with E-state index in [0.29, 0.717) is 24.6 Å². The lowest BCUT2D eigenvalue weighted by Crippen LogP contribution is -2.37. The van der Waals surface area contributed by atoms with Gasteiger partial charge < -0.3 is 20.3 Å². The molecule has 0 radical (unpaired) electrons. The number of hydrogen-bond acceptors (Lipinski definition) is 6. The Labute approximate surface area is 170 Å². The van der Waals surface area contributed by atoms with Crippen LogP contribution in [0, 0.1) is 6.92 Å². The maximum atomic E-state index is 12.2. The molecule has 1 aliphatic rings. The fraction of sp³-hybridized carbons (Fsp3) is 0.524. The number of rotatable bonds is 8. The van der Waals surface area contributed by atoms with Crippen LogP contribution in [-0.2, 0) is 6.54 Å². The van der Waals surface area contributed by atoms with Crippen LogP contribution in [0.25, 0.3) is 0 Å². The van der Waals surface area contributed by atoms with Crippen molar-refractivity contribution < 1.29 is 13.5 Å². The lowest BCUT2D eigenvalue weighted by molar-refractivity contribution is -0.0498. The Kier molecular flexibility index (Phi) is 7.19. The minimum atomic E-state index is -2.79. The van der Waals surface area contributed by atoms with Gasteiger partial charge in [-0.05, 0) is 50.3 Å². The third-order valence-electron chi connectivity index (χ3n) is 5.17. The first kappa shape index (κ1) is 21.2.